The number of piperidine rings is 1. The average molecular weight is 288 g/mol. The van der Waals surface area contributed by atoms with Gasteiger partial charge in [0.1, 0.15) is 11.5 Å². The van der Waals surface area contributed by atoms with E-state index < -0.39 is 0 Å². The minimum Gasteiger partial charge on any atom is -0.465 e. The van der Waals surface area contributed by atoms with Gasteiger partial charge in [0.2, 0.25) is 0 Å². The van der Waals surface area contributed by atoms with E-state index in [2.05, 4.69) is 15.3 Å². The Hall–Kier alpha value is -2.08. The zero-order valence-corrected chi connectivity index (χ0v) is 12.1. The molecule has 0 aliphatic carbocycles. The fourth-order valence-corrected chi connectivity index (χ4v) is 2.73. The third-order valence-electron chi connectivity index (χ3n) is 3.77. The maximum absolute atomic E-state index is 11.8. The highest BCUT2D eigenvalue weighted by molar-refractivity contribution is 5.36. The van der Waals surface area contributed by atoms with Gasteiger partial charge in [-0.3, -0.25) is 4.79 Å². The molecular formula is C15H20N4O2. The first-order valence-corrected chi connectivity index (χ1v) is 7.30. The summed E-state index contributed by atoms with van der Waals surface area (Å²) in [6.07, 6.45) is 5.33. The van der Waals surface area contributed by atoms with Gasteiger partial charge in [-0.1, -0.05) is 0 Å². The van der Waals surface area contributed by atoms with Gasteiger partial charge in [0.05, 0.1) is 6.54 Å². The number of hydrogen-bond acceptors (Lipinski definition) is 5. The van der Waals surface area contributed by atoms with E-state index in [-0.39, 0.29) is 5.56 Å². The third kappa shape index (κ3) is 3.33. The Morgan fingerprint density at radius 2 is 2.43 bits per heavy atom. The Kier molecular flexibility index (Phi) is 4.06. The standard InChI is InChI=1S/C15H20N4O2/c1-11-4-5-13(21-11)9-18-12-3-2-8-19(10-12)14-15(20)17-7-6-16-14/h4-7,12,18H,2-3,8-10H2,1H3,(H,17,20)/t12-/m0/s1. The molecule has 2 aromatic rings. The molecule has 0 unspecified atom stereocenters. The number of aromatic amines is 1. The van der Waals surface area contributed by atoms with E-state index >= 15 is 0 Å². The minimum absolute atomic E-state index is 0.125. The van der Waals surface area contributed by atoms with Crippen LogP contribution in [-0.2, 0) is 6.54 Å². The smallest absolute Gasteiger partial charge is 0.290 e. The van der Waals surface area contributed by atoms with Crippen LogP contribution in [0.4, 0.5) is 5.82 Å². The van der Waals surface area contributed by atoms with E-state index in [1.165, 1.54) is 0 Å². The number of furan rings is 1. The Morgan fingerprint density at radius 3 is 3.19 bits per heavy atom. The zero-order valence-electron chi connectivity index (χ0n) is 12.1. The van der Waals surface area contributed by atoms with Gasteiger partial charge in [0.15, 0.2) is 5.82 Å². The second-order valence-corrected chi connectivity index (χ2v) is 5.42. The molecule has 2 aromatic heterocycles. The summed E-state index contributed by atoms with van der Waals surface area (Å²) < 4.78 is 5.56. The predicted molar refractivity (Wildman–Crippen MR) is 80.4 cm³/mol. The van der Waals surface area contributed by atoms with Gasteiger partial charge in [-0.05, 0) is 31.9 Å². The lowest BCUT2D eigenvalue weighted by Crippen LogP contribution is -2.47. The molecule has 3 rings (SSSR count). The van der Waals surface area contributed by atoms with Crippen LogP contribution >= 0.6 is 0 Å². The summed E-state index contributed by atoms with van der Waals surface area (Å²) in [5, 5.41) is 3.49. The number of nitrogens with one attached hydrogen (secondary N) is 2. The van der Waals surface area contributed by atoms with E-state index in [9.17, 15) is 4.79 Å². The summed E-state index contributed by atoms with van der Waals surface area (Å²) in [4.78, 5) is 20.7. The molecule has 112 valence electrons. The normalized spacial score (nSPS) is 18.9. The molecule has 21 heavy (non-hydrogen) atoms. The Balaban J connectivity index is 1.61. The van der Waals surface area contributed by atoms with Gasteiger partial charge < -0.3 is 19.6 Å². The molecule has 1 aliphatic rings. The SMILES string of the molecule is Cc1ccc(CN[C@H]2CCCN(c3ncc[nH]c3=O)C2)o1. The van der Waals surface area contributed by atoms with E-state index in [0.29, 0.717) is 18.4 Å². The van der Waals surface area contributed by atoms with Gasteiger partial charge >= 0.3 is 0 Å². The van der Waals surface area contributed by atoms with Gasteiger partial charge in [-0.2, -0.15) is 0 Å². The second-order valence-electron chi connectivity index (χ2n) is 5.42. The second kappa shape index (κ2) is 6.13. The van der Waals surface area contributed by atoms with Gasteiger partial charge in [0.25, 0.3) is 5.56 Å². The van der Waals surface area contributed by atoms with Crippen molar-refractivity contribution in [3.05, 3.63) is 46.4 Å². The van der Waals surface area contributed by atoms with Crippen LogP contribution in [-0.4, -0.2) is 29.1 Å². The molecule has 0 spiro atoms. The lowest BCUT2D eigenvalue weighted by Gasteiger charge is -2.33. The van der Waals surface area contributed by atoms with Crippen LogP contribution in [0.2, 0.25) is 0 Å². The molecule has 2 N–H and O–H groups in total. The molecule has 1 aliphatic heterocycles. The number of anilines is 1. The lowest BCUT2D eigenvalue weighted by molar-refractivity contribution is 0.389. The van der Waals surface area contributed by atoms with E-state index in [1.54, 1.807) is 12.4 Å². The summed E-state index contributed by atoms with van der Waals surface area (Å²) in [7, 11) is 0. The summed E-state index contributed by atoms with van der Waals surface area (Å²) in [5.74, 6) is 2.38. The van der Waals surface area contributed by atoms with Crippen LogP contribution in [0.1, 0.15) is 24.4 Å². The summed E-state index contributed by atoms with van der Waals surface area (Å²) >= 11 is 0. The van der Waals surface area contributed by atoms with Crippen molar-refractivity contribution in [2.24, 2.45) is 0 Å². The van der Waals surface area contributed by atoms with E-state index in [1.807, 2.05) is 24.0 Å². The Bertz CT molecular complexity index is 649. The van der Waals surface area contributed by atoms with Gasteiger partial charge in [-0.15, -0.1) is 0 Å². The van der Waals surface area contributed by atoms with Crippen LogP contribution in [0.15, 0.2) is 33.7 Å². The lowest BCUT2D eigenvalue weighted by atomic mass is 10.1. The van der Waals surface area contributed by atoms with Crippen LogP contribution in [0.3, 0.4) is 0 Å². The fraction of sp³-hybridized carbons (Fsp3) is 0.467. The van der Waals surface area contributed by atoms with Crippen LogP contribution < -0.4 is 15.8 Å². The summed E-state index contributed by atoms with van der Waals surface area (Å²) in [6, 6.07) is 4.30. The highest BCUT2D eigenvalue weighted by atomic mass is 16.3. The molecule has 0 radical (unpaired) electrons. The first kappa shape index (κ1) is 13.9. The molecule has 6 nitrogen and oxygen atoms in total. The van der Waals surface area contributed by atoms with Crippen molar-refractivity contribution in [1.82, 2.24) is 15.3 Å². The maximum Gasteiger partial charge on any atom is 0.290 e. The molecule has 1 saturated heterocycles. The molecule has 6 heteroatoms. The van der Waals surface area contributed by atoms with Crippen molar-refractivity contribution in [3.8, 4) is 0 Å². The van der Waals surface area contributed by atoms with Crippen molar-refractivity contribution in [2.45, 2.75) is 32.4 Å². The number of H-pyrrole nitrogens is 1. The van der Waals surface area contributed by atoms with Crippen LogP contribution in [0.5, 0.6) is 0 Å². The first-order valence-electron chi connectivity index (χ1n) is 7.30. The first-order chi connectivity index (χ1) is 10.2. The van der Waals surface area contributed by atoms with E-state index in [0.717, 1.165) is 37.5 Å². The molecule has 3 heterocycles. The fourth-order valence-electron chi connectivity index (χ4n) is 2.73. The van der Waals surface area contributed by atoms with Gasteiger partial charge in [0, 0.05) is 31.5 Å². The number of aryl methyl sites for hydroxylation is 1. The van der Waals surface area contributed by atoms with Crippen molar-refractivity contribution in [1.29, 1.82) is 0 Å². The minimum atomic E-state index is -0.125. The number of nitrogens with zero attached hydrogens (tertiary/aromatic N) is 2. The van der Waals surface area contributed by atoms with E-state index in [4.69, 9.17) is 4.42 Å². The van der Waals surface area contributed by atoms with Crippen molar-refractivity contribution in [2.75, 3.05) is 18.0 Å². The summed E-state index contributed by atoms with van der Waals surface area (Å²) in [5.41, 5.74) is -0.125. The zero-order chi connectivity index (χ0) is 14.7. The highest BCUT2D eigenvalue weighted by Crippen LogP contribution is 2.15. The number of rotatable bonds is 4. The molecule has 1 fully saturated rings. The third-order valence-corrected chi connectivity index (χ3v) is 3.77. The topological polar surface area (TPSA) is 74.2 Å². The monoisotopic (exact) mass is 288 g/mol. The number of aromatic nitrogens is 2. The highest BCUT2D eigenvalue weighted by Gasteiger charge is 2.22. The molecule has 0 aromatic carbocycles. The Labute approximate surface area is 123 Å². The molecule has 0 bridgehead atoms. The Morgan fingerprint density at radius 1 is 1.52 bits per heavy atom. The predicted octanol–water partition coefficient (Wildman–Crippen LogP) is 1.43. The van der Waals surface area contributed by atoms with Crippen molar-refractivity contribution < 1.29 is 4.42 Å². The maximum atomic E-state index is 11.8. The molecule has 0 saturated carbocycles. The summed E-state index contributed by atoms with van der Waals surface area (Å²) in [6.45, 7) is 4.32. The van der Waals surface area contributed by atoms with Crippen molar-refractivity contribution >= 4 is 5.82 Å². The molecule has 1 atom stereocenters. The molecule has 0 amide bonds. The quantitative estimate of drug-likeness (QED) is 0.890. The molecular weight excluding hydrogens is 268 g/mol. The van der Waals surface area contributed by atoms with Crippen LogP contribution in [0.25, 0.3) is 0 Å². The largest absolute Gasteiger partial charge is 0.465 e. The van der Waals surface area contributed by atoms with Gasteiger partial charge in [-0.25, -0.2) is 4.98 Å². The number of hydrogen-bond donors (Lipinski definition) is 2. The van der Waals surface area contributed by atoms with Crippen LogP contribution in [0, 0.1) is 6.92 Å². The average Bonchev–Trinajstić information content (AvgIpc) is 2.92. The van der Waals surface area contributed by atoms with Crippen molar-refractivity contribution in [3.63, 3.8) is 0 Å².